The summed E-state index contributed by atoms with van der Waals surface area (Å²) in [6.45, 7) is -1.54. The van der Waals surface area contributed by atoms with Crippen molar-refractivity contribution in [2.45, 2.75) is 6.18 Å². The first kappa shape index (κ1) is 15.2. The smallest absolute Gasteiger partial charge is 0.387 e. The second-order valence-corrected chi connectivity index (χ2v) is 3.59. The molecule has 0 spiro atoms. The summed E-state index contributed by atoms with van der Waals surface area (Å²) in [5, 5.41) is 5.27. The Labute approximate surface area is 108 Å². The average molecular weight is 277 g/mol. The van der Waals surface area contributed by atoms with E-state index in [1.807, 2.05) is 0 Å². The lowest BCUT2D eigenvalue weighted by Crippen LogP contribution is -2.29. The van der Waals surface area contributed by atoms with Gasteiger partial charge in [-0.15, -0.1) is 0 Å². The highest BCUT2D eigenvalue weighted by molar-refractivity contribution is 5.99. The molecule has 8 heteroatoms. The summed E-state index contributed by atoms with van der Waals surface area (Å²) in [6.07, 6.45) is -1.46. The van der Waals surface area contributed by atoms with E-state index in [-0.39, 0.29) is 13.2 Å². The number of aromatic nitrogens is 1. The van der Waals surface area contributed by atoms with Gasteiger partial charge in [0.05, 0.1) is 12.2 Å². The predicted octanol–water partition coefficient (Wildman–Crippen LogP) is 1.43. The van der Waals surface area contributed by atoms with E-state index in [9.17, 15) is 18.0 Å². The molecule has 0 aromatic carbocycles. The standard InChI is InChI=1S/C11H14F3N3O2/c1-15-9-2-3-16-6-8(9)10(18)17-4-5-19-7-11(12,13)14/h2-3,6H,4-5,7H2,1H3,(H,15,16)(H,17,18). The number of nitrogens with one attached hydrogen (secondary N) is 2. The lowest BCUT2D eigenvalue weighted by molar-refractivity contribution is -0.173. The van der Waals surface area contributed by atoms with Gasteiger partial charge in [0.1, 0.15) is 6.61 Å². The van der Waals surface area contributed by atoms with Gasteiger partial charge < -0.3 is 15.4 Å². The van der Waals surface area contributed by atoms with Crippen molar-refractivity contribution in [3.63, 3.8) is 0 Å². The molecule has 0 saturated carbocycles. The molecule has 1 amide bonds. The third-order valence-electron chi connectivity index (χ3n) is 2.13. The van der Waals surface area contributed by atoms with Crippen LogP contribution in [0.2, 0.25) is 0 Å². The van der Waals surface area contributed by atoms with Crippen molar-refractivity contribution >= 4 is 11.6 Å². The van der Waals surface area contributed by atoms with Crippen LogP contribution in [0.3, 0.4) is 0 Å². The van der Waals surface area contributed by atoms with Gasteiger partial charge in [0, 0.05) is 31.7 Å². The summed E-state index contributed by atoms with van der Waals surface area (Å²) in [6, 6.07) is 1.62. The fourth-order valence-electron chi connectivity index (χ4n) is 1.31. The minimum atomic E-state index is -4.35. The zero-order valence-electron chi connectivity index (χ0n) is 10.3. The molecule has 0 aliphatic carbocycles. The highest BCUT2D eigenvalue weighted by Gasteiger charge is 2.27. The van der Waals surface area contributed by atoms with Gasteiger partial charge in [0.25, 0.3) is 5.91 Å². The molecule has 19 heavy (non-hydrogen) atoms. The van der Waals surface area contributed by atoms with Crippen molar-refractivity contribution in [2.24, 2.45) is 0 Å². The highest BCUT2D eigenvalue weighted by Crippen LogP contribution is 2.14. The molecule has 0 aliphatic rings. The van der Waals surface area contributed by atoms with Crippen LogP contribution in [0.15, 0.2) is 18.5 Å². The van der Waals surface area contributed by atoms with E-state index in [1.165, 1.54) is 12.4 Å². The Bertz CT molecular complexity index is 424. The van der Waals surface area contributed by atoms with Gasteiger partial charge >= 0.3 is 6.18 Å². The van der Waals surface area contributed by atoms with Crippen LogP contribution in [0.5, 0.6) is 0 Å². The summed E-state index contributed by atoms with van der Waals surface area (Å²) >= 11 is 0. The number of carbonyl (C=O) groups is 1. The molecule has 0 atom stereocenters. The van der Waals surface area contributed by atoms with Crippen molar-refractivity contribution in [3.05, 3.63) is 24.0 Å². The van der Waals surface area contributed by atoms with E-state index in [2.05, 4.69) is 20.4 Å². The maximum Gasteiger partial charge on any atom is 0.411 e. The Morgan fingerprint density at radius 1 is 1.47 bits per heavy atom. The predicted molar refractivity (Wildman–Crippen MR) is 63.0 cm³/mol. The molecule has 0 unspecified atom stereocenters. The van der Waals surface area contributed by atoms with Crippen LogP contribution in [-0.2, 0) is 4.74 Å². The van der Waals surface area contributed by atoms with E-state index < -0.39 is 18.7 Å². The number of rotatable bonds is 6. The lowest BCUT2D eigenvalue weighted by atomic mass is 10.2. The van der Waals surface area contributed by atoms with E-state index >= 15 is 0 Å². The molecule has 5 nitrogen and oxygen atoms in total. The van der Waals surface area contributed by atoms with Crippen LogP contribution in [0.1, 0.15) is 10.4 Å². The Hall–Kier alpha value is -1.83. The van der Waals surface area contributed by atoms with Crippen molar-refractivity contribution in [2.75, 3.05) is 32.1 Å². The number of halogens is 3. The molecule has 0 fully saturated rings. The maximum atomic E-state index is 11.8. The molecule has 2 N–H and O–H groups in total. The van der Waals surface area contributed by atoms with E-state index in [0.717, 1.165) is 0 Å². The van der Waals surface area contributed by atoms with Crippen LogP contribution in [0, 0.1) is 0 Å². The fourth-order valence-corrected chi connectivity index (χ4v) is 1.31. The van der Waals surface area contributed by atoms with Gasteiger partial charge in [-0.25, -0.2) is 0 Å². The van der Waals surface area contributed by atoms with Crippen LogP contribution in [0.4, 0.5) is 18.9 Å². The number of ether oxygens (including phenoxy) is 1. The molecular formula is C11H14F3N3O2. The third-order valence-corrected chi connectivity index (χ3v) is 2.13. The second kappa shape index (κ2) is 6.93. The number of anilines is 1. The number of pyridine rings is 1. The normalized spacial score (nSPS) is 11.2. The number of carbonyl (C=O) groups excluding carboxylic acids is 1. The van der Waals surface area contributed by atoms with Crippen LogP contribution in [-0.4, -0.2) is 43.9 Å². The fraction of sp³-hybridized carbons (Fsp3) is 0.455. The number of hydrogen-bond acceptors (Lipinski definition) is 4. The van der Waals surface area contributed by atoms with Crippen molar-refractivity contribution in [1.82, 2.24) is 10.3 Å². The zero-order valence-corrected chi connectivity index (χ0v) is 10.3. The van der Waals surface area contributed by atoms with E-state index in [4.69, 9.17) is 0 Å². The molecule has 0 aliphatic heterocycles. The number of amides is 1. The Kier molecular flexibility index (Phi) is 5.56. The maximum absolute atomic E-state index is 11.8. The van der Waals surface area contributed by atoms with Crippen molar-refractivity contribution < 1.29 is 22.7 Å². The molecular weight excluding hydrogens is 263 g/mol. The van der Waals surface area contributed by atoms with Gasteiger partial charge in [-0.3, -0.25) is 9.78 Å². The van der Waals surface area contributed by atoms with Gasteiger partial charge in [-0.05, 0) is 6.07 Å². The Morgan fingerprint density at radius 2 is 2.21 bits per heavy atom. The van der Waals surface area contributed by atoms with Crippen LogP contribution < -0.4 is 10.6 Å². The first-order valence-corrected chi connectivity index (χ1v) is 5.48. The molecule has 0 radical (unpaired) electrons. The SMILES string of the molecule is CNc1ccncc1C(=O)NCCOCC(F)(F)F. The minimum absolute atomic E-state index is 0.00698. The van der Waals surface area contributed by atoms with Gasteiger partial charge in [-0.1, -0.05) is 0 Å². The Morgan fingerprint density at radius 3 is 2.84 bits per heavy atom. The molecule has 0 saturated heterocycles. The quantitative estimate of drug-likeness (QED) is 0.772. The van der Waals surface area contributed by atoms with E-state index in [0.29, 0.717) is 11.3 Å². The van der Waals surface area contributed by atoms with Gasteiger partial charge in [0.2, 0.25) is 0 Å². The minimum Gasteiger partial charge on any atom is -0.387 e. The number of alkyl halides is 3. The molecule has 1 aromatic heterocycles. The van der Waals surface area contributed by atoms with E-state index in [1.54, 1.807) is 13.1 Å². The first-order valence-electron chi connectivity index (χ1n) is 5.48. The number of nitrogens with zero attached hydrogens (tertiary/aromatic N) is 1. The van der Waals surface area contributed by atoms with Crippen molar-refractivity contribution in [1.29, 1.82) is 0 Å². The molecule has 106 valence electrons. The monoisotopic (exact) mass is 277 g/mol. The number of hydrogen-bond donors (Lipinski definition) is 2. The first-order chi connectivity index (χ1) is 8.94. The summed E-state index contributed by atoms with van der Waals surface area (Å²) in [5.74, 6) is -0.423. The largest absolute Gasteiger partial charge is 0.411 e. The zero-order chi connectivity index (χ0) is 14.3. The topological polar surface area (TPSA) is 63.2 Å². The third kappa shape index (κ3) is 5.56. The molecule has 1 aromatic rings. The summed E-state index contributed by atoms with van der Waals surface area (Å²) in [4.78, 5) is 15.5. The summed E-state index contributed by atoms with van der Waals surface area (Å²) in [7, 11) is 1.65. The highest BCUT2D eigenvalue weighted by atomic mass is 19.4. The van der Waals surface area contributed by atoms with Crippen LogP contribution >= 0.6 is 0 Å². The lowest BCUT2D eigenvalue weighted by Gasteiger charge is -2.10. The summed E-state index contributed by atoms with van der Waals surface area (Å²) in [5.41, 5.74) is 0.907. The van der Waals surface area contributed by atoms with Crippen molar-refractivity contribution in [3.8, 4) is 0 Å². The summed E-state index contributed by atoms with van der Waals surface area (Å²) < 4.78 is 39.7. The molecule has 1 heterocycles. The van der Waals surface area contributed by atoms with Crippen LogP contribution in [0.25, 0.3) is 0 Å². The molecule has 0 bridgehead atoms. The average Bonchev–Trinajstić information content (AvgIpc) is 2.36. The second-order valence-electron chi connectivity index (χ2n) is 3.59. The Balaban J connectivity index is 2.35. The molecule has 1 rings (SSSR count). The van der Waals surface area contributed by atoms with Gasteiger partial charge in [-0.2, -0.15) is 13.2 Å². The van der Waals surface area contributed by atoms with Gasteiger partial charge in [0.15, 0.2) is 0 Å².